The third-order valence-electron chi connectivity index (χ3n) is 4.04. The largest absolute Gasteiger partial charge is 0.339 e. The Bertz CT molecular complexity index is 279. The average Bonchev–Trinajstić information content (AvgIpc) is 2.43. The summed E-state index contributed by atoms with van der Waals surface area (Å²) in [4.78, 5) is 9.53. The standard InChI is InChI=1S/C13H27N5/c1-2-3-7-15-13(16-14)18-10-9-17-8-5-4-6-12(17)11-18/h12H,2-11,14H2,1H3,(H,15,16). The zero-order valence-corrected chi connectivity index (χ0v) is 11.6. The van der Waals surface area contributed by atoms with Crippen LogP contribution in [-0.2, 0) is 0 Å². The van der Waals surface area contributed by atoms with Crippen molar-refractivity contribution in [2.45, 2.75) is 45.1 Å². The molecule has 2 heterocycles. The molecule has 2 aliphatic rings. The highest BCUT2D eigenvalue weighted by Crippen LogP contribution is 2.20. The third kappa shape index (κ3) is 3.36. The average molecular weight is 253 g/mol. The summed E-state index contributed by atoms with van der Waals surface area (Å²) in [5.41, 5.74) is 2.78. The number of hydrazine groups is 1. The van der Waals surface area contributed by atoms with Crippen LogP contribution in [0.5, 0.6) is 0 Å². The molecule has 5 heteroatoms. The lowest BCUT2D eigenvalue weighted by atomic mass is 10.00. The number of rotatable bonds is 3. The van der Waals surface area contributed by atoms with Gasteiger partial charge >= 0.3 is 0 Å². The fourth-order valence-electron chi connectivity index (χ4n) is 2.93. The number of guanidine groups is 1. The van der Waals surface area contributed by atoms with Gasteiger partial charge in [-0.3, -0.25) is 15.3 Å². The lowest BCUT2D eigenvalue weighted by Crippen LogP contribution is -2.59. The van der Waals surface area contributed by atoms with Gasteiger partial charge in [-0.05, 0) is 25.8 Å². The minimum atomic E-state index is 0.706. The van der Waals surface area contributed by atoms with Crippen molar-refractivity contribution in [3.63, 3.8) is 0 Å². The van der Waals surface area contributed by atoms with Gasteiger partial charge in [0, 0.05) is 32.2 Å². The Morgan fingerprint density at radius 2 is 2.22 bits per heavy atom. The van der Waals surface area contributed by atoms with Gasteiger partial charge in [-0.2, -0.15) is 0 Å². The molecule has 0 saturated carbocycles. The monoisotopic (exact) mass is 253 g/mol. The SMILES string of the molecule is CCCCN=C(NN)N1CCN2CCCCC2C1. The molecule has 5 nitrogen and oxygen atoms in total. The second kappa shape index (κ2) is 6.95. The van der Waals surface area contributed by atoms with E-state index < -0.39 is 0 Å². The quantitative estimate of drug-likeness (QED) is 0.256. The number of unbranched alkanes of at least 4 members (excludes halogenated alkanes) is 1. The molecule has 2 saturated heterocycles. The summed E-state index contributed by atoms with van der Waals surface area (Å²) in [6.07, 6.45) is 6.37. The second-order valence-corrected chi connectivity index (χ2v) is 5.33. The van der Waals surface area contributed by atoms with Gasteiger partial charge in [0.05, 0.1) is 0 Å². The number of hydrogen-bond donors (Lipinski definition) is 2. The number of hydrogen-bond acceptors (Lipinski definition) is 3. The Balaban J connectivity index is 1.89. The van der Waals surface area contributed by atoms with E-state index in [0.717, 1.165) is 38.6 Å². The van der Waals surface area contributed by atoms with Crippen molar-refractivity contribution in [2.24, 2.45) is 10.8 Å². The van der Waals surface area contributed by atoms with Crippen LogP contribution in [0.3, 0.4) is 0 Å². The van der Waals surface area contributed by atoms with Crippen LogP contribution in [0.15, 0.2) is 4.99 Å². The van der Waals surface area contributed by atoms with Crippen LogP contribution in [0.25, 0.3) is 0 Å². The molecule has 3 N–H and O–H groups in total. The van der Waals surface area contributed by atoms with Crippen LogP contribution in [0, 0.1) is 0 Å². The number of piperidine rings is 1. The van der Waals surface area contributed by atoms with Crippen molar-refractivity contribution in [2.75, 3.05) is 32.7 Å². The van der Waals surface area contributed by atoms with Crippen LogP contribution in [0.4, 0.5) is 0 Å². The number of nitrogens with two attached hydrogens (primary N) is 1. The van der Waals surface area contributed by atoms with Gasteiger partial charge in [-0.25, -0.2) is 5.84 Å². The molecule has 0 amide bonds. The van der Waals surface area contributed by atoms with Gasteiger partial charge in [0.15, 0.2) is 0 Å². The van der Waals surface area contributed by atoms with Gasteiger partial charge in [-0.15, -0.1) is 0 Å². The molecule has 0 aromatic carbocycles. The van der Waals surface area contributed by atoms with Crippen molar-refractivity contribution in [1.82, 2.24) is 15.2 Å². The summed E-state index contributed by atoms with van der Waals surface area (Å²) in [6, 6.07) is 0.706. The molecule has 0 aromatic rings. The zero-order chi connectivity index (χ0) is 12.8. The summed E-state index contributed by atoms with van der Waals surface area (Å²) in [5.74, 6) is 6.50. The molecule has 0 radical (unpaired) electrons. The second-order valence-electron chi connectivity index (χ2n) is 5.33. The van der Waals surface area contributed by atoms with Gasteiger partial charge in [0.2, 0.25) is 5.96 Å². The number of piperazine rings is 1. The normalized spacial score (nSPS) is 26.0. The lowest BCUT2D eigenvalue weighted by Gasteiger charge is -2.44. The van der Waals surface area contributed by atoms with E-state index in [1.165, 1.54) is 32.2 Å². The molecule has 0 aliphatic carbocycles. The molecule has 0 bridgehead atoms. The van der Waals surface area contributed by atoms with E-state index >= 15 is 0 Å². The van der Waals surface area contributed by atoms with E-state index in [9.17, 15) is 0 Å². The Labute approximate surface area is 110 Å². The van der Waals surface area contributed by atoms with E-state index in [-0.39, 0.29) is 0 Å². The predicted octanol–water partition coefficient (Wildman–Crippen LogP) is 0.776. The van der Waals surface area contributed by atoms with E-state index in [0.29, 0.717) is 6.04 Å². The molecular formula is C13H27N5. The Hall–Kier alpha value is -0.810. The summed E-state index contributed by atoms with van der Waals surface area (Å²) in [7, 11) is 0. The minimum Gasteiger partial charge on any atom is -0.339 e. The molecule has 2 aliphatic heterocycles. The fraction of sp³-hybridized carbons (Fsp3) is 0.923. The smallest absolute Gasteiger partial charge is 0.208 e. The van der Waals surface area contributed by atoms with Crippen LogP contribution in [0.2, 0.25) is 0 Å². The molecule has 1 unspecified atom stereocenters. The van der Waals surface area contributed by atoms with Crippen molar-refractivity contribution in [3.8, 4) is 0 Å². The van der Waals surface area contributed by atoms with Gasteiger partial charge < -0.3 is 4.90 Å². The fourth-order valence-corrected chi connectivity index (χ4v) is 2.93. The highest BCUT2D eigenvalue weighted by molar-refractivity contribution is 5.79. The summed E-state index contributed by atoms with van der Waals surface area (Å²) in [6.45, 7) is 7.61. The van der Waals surface area contributed by atoms with Crippen LogP contribution < -0.4 is 11.3 Å². The number of aliphatic imine (C=N–C) groups is 1. The van der Waals surface area contributed by atoms with Gasteiger partial charge in [-0.1, -0.05) is 19.8 Å². The number of nitrogens with one attached hydrogen (secondary N) is 1. The van der Waals surface area contributed by atoms with E-state index in [4.69, 9.17) is 5.84 Å². The maximum absolute atomic E-state index is 5.62. The molecule has 0 spiro atoms. The lowest BCUT2D eigenvalue weighted by molar-refractivity contribution is 0.0786. The predicted molar refractivity (Wildman–Crippen MR) is 75.3 cm³/mol. The summed E-state index contributed by atoms with van der Waals surface area (Å²) >= 11 is 0. The van der Waals surface area contributed by atoms with Gasteiger partial charge in [0.1, 0.15) is 0 Å². The first-order valence-electron chi connectivity index (χ1n) is 7.35. The molecule has 2 fully saturated rings. The van der Waals surface area contributed by atoms with E-state index in [2.05, 4.69) is 27.1 Å². The molecule has 2 rings (SSSR count). The minimum absolute atomic E-state index is 0.706. The Morgan fingerprint density at radius 3 is 3.00 bits per heavy atom. The Morgan fingerprint density at radius 1 is 1.33 bits per heavy atom. The maximum atomic E-state index is 5.62. The molecule has 1 atom stereocenters. The van der Waals surface area contributed by atoms with Crippen molar-refractivity contribution in [1.29, 1.82) is 0 Å². The first kappa shape index (κ1) is 13.6. The number of nitrogens with zero attached hydrogens (tertiary/aromatic N) is 3. The molecule has 104 valence electrons. The van der Waals surface area contributed by atoms with Crippen molar-refractivity contribution < 1.29 is 0 Å². The first-order valence-corrected chi connectivity index (χ1v) is 7.35. The Kier molecular flexibility index (Phi) is 5.26. The van der Waals surface area contributed by atoms with Crippen LogP contribution in [0.1, 0.15) is 39.0 Å². The molecule has 18 heavy (non-hydrogen) atoms. The van der Waals surface area contributed by atoms with Gasteiger partial charge in [0.25, 0.3) is 0 Å². The highest BCUT2D eigenvalue weighted by Gasteiger charge is 2.29. The maximum Gasteiger partial charge on any atom is 0.208 e. The van der Waals surface area contributed by atoms with E-state index in [1.54, 1.807) is 0 Å². The van der Waals surface area contributed by atoms with Crippen molar-refractivity contribution in [3.05, 3.63) is 0 Å². The summed E-state index contributed by atoms with van der Waals surface area (Å²) in [5, 5.41) is 0. The first-order chi connectivity index (χ1) is 8.85. The third-order valence-corrected chi connectivity index (χ3v) is 4.04. The topological polar surface area (TPSA) is 56.9 Å². The van der Waals surface area contributed by atoms with Crippen LogP contribution >= 0.6 is 0 Å². The van der Waals surface area contributed by atoms with Crippen LogP contribution in [-0.4, -0.2) is 54.5 Å². The zero-order valence-electron chi connectivity index (χ0n) is 11.6. The van der Waals surface area contributed by atoms with Crippen molar-refractivity contribution >= 4 is 5.96 Å². The van der Waals surface area contributed by atoms with E-state index in [1.807, 2.05) is 0 Å². The molecular weight excluding hydrogens is 226 g/mol. The number of fused-ring (bicyclic) bond motifs is 1. The summed E-state index contributed by atoms with van der Waals surface area (Å²) < 4.78 is 0. The molecule has 0 aromatic heterocycles. The highest BCUT2D eigenvalue weighted by atomic mass is 15.4.